The van der Waals surface area contributed by atoms with Crippen molar-refractivity contribution in [3.8, 4) is 0 Å². The lowest BCUT2D eigenvalue weighted by atomic mass is 10.0. The topological polar surface area (TPSA) is 143 Å². The average Bonchev–Trinajstić information content (AvgIpc) is 2.99. The van der Waals surface area contributed by atoms with Crippen molar-refractivity contribution < 1.29 is 33.0 Å². The standard InChI is InChI=1S/C31H38FN5O7/c1-31(2,3)44-30(41)33-10-15-42-16-17-43-20-27(38)36-11-13-37(14-12-36)29(40)24-18-21(8-9-25(24)32)19-26-22-6-4-5-7-23(22)28(39)35-34-26/h4-9,18H,10-17,19-20H2,1-3H3,(H,33,41)(H,35,39). The number of carbonyl (C=O) groups excluding carboxylic acids is 3. The summed E-state index contributed by atoms with van der Waals surface area (Å²) < 4.78 is 30.7. The summed E-state index contributed by atoms with van der Waals surface area (Å²) in [6, 6.07) is 11.5. The summed E-state index contributed by atoms with van der Waals surface area (Å²) in [5, 5.41) is 10.5. The number of hydrogen-bond acceptors (Lipinski definition) is 8. The molecule has 3 aromatic rings. The van der Waals surface area contributed by atoms with Crippen LogP contribution in [0.1, 0.15) is 42.4 Å². The molecule has 2 aromatic carbocycles. The maximum atomic E-state index is 14.8. The van der Waals surface area contributed by atoms with E-state index >= 15 is 0 Å². The summed E-state index contributed by atoms with van der Waals surface area (Å²) >= 11 is 0. The van der Waals surface area contributed by atoms with Crippen LogP contribution in [0, 0.1) is 5.82 Å². The molecule has 236 valence electrons. The van der Waals surface area contributed by atoms with Crippen LogP contribution in [-0.4, -0.2) is 103 Å². The number of hydrogen-bond donors (Lipinski definition) is 2. The largest absolute Gasteiger partial charge is 0.444 e. The van der Waals surface area contributed by atoms with Crippen LogP contribution >= 0.6 is 0 Å². The van der Waals surface area contributed by atoms with Crippen molar-refractivity contribution in [3.63, 3.8) is 0 Å². The van der Waals surface area contributed by atoms with E-state index in [0.717, 1.165) is 0 Å². The summed E-state index contributed by atoms with van der Waals surface area (Å²) in [5.74, 6) is -1.30. The smallest absolute Gasteiger partial charge is 0.407 e. The fourth-order valence-electron chi connectivity index (χ4n) is 4.69. The van der Waals surface area contributed by atoms with Gasteiger partial charge < -0.3 is 29.3 Å². The number of nitrogens with one attached hydrogen (secondary N) is 2. The van der Waals surface area contributed by atoms with Crippen LogP contribution in [0.25, 0.3) is 10.8 Å². The minimum atomic E-state index is -0.632. The highest BCUT2D eigenvalue weighted by molar-refractivity contribution is 5.95. The van der Waals surface area contributed by atoms with Gasteiger partial charge in [0.1, 0.15) is 18.0 Å². The number of piperazine rings is 1. The lowest BCUT2D eigenvalue weighted by Crippen LogP contribution is -2.51. The zero-order valence-electron chi connectivity index (χ0n) is 25.2. The highest BCUT2D eigenvalue weighted by atomic mass is 19.1. The van der Waals surface area contributed by atoms with Gasteiger partial charge in [0.25, 0.3) is 11.5 Å². The number of H-pyrrole nitrogens is 1. The Labute approximate surface area is 254 Å². The number of alkyl carbamates (subject to hydrolysis) is 1. The van der Waals surface area contributed by atoms with Gasteiger partial charge in [-0.25, -0.2) is 14.3 Å². The first kappa shape index (κ1) is 32.6. The molecule has 0 atom stereocenters. The Hall–Kier alpha value is -4.36. The Bertz CT molecular complexity index is 1530. The second kappa shape index (κ2) is 14.9. The number of rotatable bonds is 11. The number of halogens is 1. The number of aromatic nitrogens is 2. The molecule has 12 nitrogen and oxygen atoms in total. The molecule has 3 amide bonds. The van der Waals surface area contributed by atoms with Crippen molar-refractivity contribution in [1.29, 1.82) is 0 Å². The van der Waals surface area contributed by atoms with E-state index in [1.54, 1.807) is 49.9 Å². The molecule has 4 rings (SSSR count). The SMILES string of the molecule is CC(C)(C)OC(=O)NCCOCCOCC(=O)N1CCN(C(=O)c2cc(Cc3n[nH]c(=O)c4ccccc34)ccc2F)CC1. The zero-order chi connectivity index (χ0) is 31.7. The number of amides is 3. The number of ether oxygens (including phenoxy) is 3. The average molecular weight is 612 g/mol. The van der Waals surface area contributed by atoms with Gasteiger partial charge in [-0.3, -0.25) is 14.4 Å². The number of carbonyl (C=O) groups is 3. The first-order chi connectivity index (χ1) is 21.0. The Balaban J connectivity index is 1.19. The van der Waals surface area contributed by atoms with Gasteiger partial charge >= 0.3 is 6.09 Å². The number of benzene rings is 2. The van der Waals surface area contributed by atoms with E-state index in [1.807, 2.05) is 6.07 Å². The van der Waals surface area contributed by atoms with Crippen molar-refractivity contribution in [2.24, 2.45) is 0 Å². The maximum absolute atomic E-state index is 14.8. The van der Waals surface area contributed by atoms with Gasteiger partial charge in [0, 0.05) is 44.5 Å². The highest BCUT2D eigenvalue weighted by Gasteiger charge is 2.26. The third kappa shape index (κ3) is 9.07. The first-order valence-corrected chi connectivity index (χ1v) is 14.5. The predicted molar refractivity (Wildman–Crippen MR) is 160 cm³/mol. The van der Waals surface area contributed by atoms with Crippen LogP contribution in [-0.2, 0) is 25.4 Å². The van der Waals surface area contributed by atoms with E-state index in [2.05, 4.69) is 15.5 Å². The van der Waals surface area contributed by atoms with Gasteiger partial charge in [0.05, 0.1) is 36.5 Å². The van der Waals surface area contributed by atoms with Crippen molar-refractivity contribution in [1.82, 2.24) is 25.3 Å². The molecule has 2 N–H and O–H groups in total. The van der Waals surface area contributed by atoms with Crippen molar-refractivity contribution in [2.75, 3.05) is 59.2 Å². The fourth-order valence-corrected chi connectivity index (χ4v) is 4.69. The van der Waals surface area contributed by atoms with Crippen LogP contribution in [0.15, 0.2) is 47.3 Å². The Kier molecular flexibility index (Phi) is 11.0. The number of nitrogens with zero attached hydrogens (tertiary/aromatic N) is 3. The van der Waals surface area contributed by atoms with Crippen LogP contribution in [0.2, 0.25) is 0 Å². The molecule has 1 aliphatic rings. The summed E-state index contributed by atoms with van der Waals surface area (Å²) in [5.41, 5.74) is 0.370. The van der Waals surface area contributed by atoms with Crippen LogP contribution in [0.4, 0.5) is 9.18 Å². The fraction of sp³-hybridized carbons (Fsp3) is 0.452. The van der Waals surface area contributed by atoms with Gasteiger partial charge in [-0.15, -0.1) is 0 Å². The van der Waals surface area contributed by atoms with Crippen molar-refractivity contribution in [2.45, 2.75) is 32.8 Å². The molecule has 1 saturated heterocycles. The molecule has 1 aromatic heterocycles. The van der Waals surface area contributed by atoms with Gasteiger partial charge in [-0.1, -0.05) is 24.3 Å². The molecule has 0 saturated carbocycles. The second-order valence-electron chi connectivity index (χ2n) is 11.3. The molecule has 1 fully saturated rings. The van der Waals surface area contributed by atoms with Gasteiger partial charge in [-0.2, -0.15) is 5.10 Å². The lowest BCUT2D eigenvalue weighted by Gasteiger charge is -2.34. The highest BCUT2D eigenvalue weighted by Crippen LogP contribution is 2.20. The molecule has 13 heteroatoms. The number of aromatic amines is 1. The van der Waals surface area contributed by atoms with E-state index in [-0.39, 0.29) is 63.1 Å². The zero-order valence-corrected chi connectivity index (χ0v) is 25.2. The first-order valence-electron chi connectivity index (χ1n) is 14.5. The van der Waals surface area contributed by atoms with Crippen molar-refractivity contribution in [3.05, 3.63) is 75.5 Å². The Morgan fingerprint density at radius 2 is 1.64 bits per heavy atom. The van der Waals surface area contributed by atoms with Crippen LogP contribution < -0.4 is 10.9 Å². The monoisotopic (exact) mass is 611 g/mol. The summed E-state index contributed by atoms with van der Waals surface area (Å²) in [6.45, 7) is 7.35. The molecular weight excluding hydrogens is 573 g/mol. The minimum absolute atomic E-state index is 0.0550. The molecule has 0 unspecified atom stereocenters. The molecule has 0 aliphatic carbocycles. The van der Waals surface area contributed by atoms with Crippen molar-refractivity contribution >= 4 is 28.7 Å². The third-order valence-electron chi connectivity index (χ3n) is 6.84. The molecule has 44 heavy (non-hydrogen) atoms. The lowest BCUT2D eigenvalue weighted by molar-refractivity contribution is -0.138. The molecule has 2 heterocycles. The van der Waals surface area contributed by atoms with Gasteiger partial charge in [0.2, 0.25) is 5.91 Å². The van der Waals surface area contributed by atoms with Crippen LogP contribution in [0.5, 0.6) is 0 Å². The molecule has 0 spiro atoms. The Morgan fingerprint density at radius 1 is 0.955 bits per heavy atom. The van der Waals surface area contributed by atoms with E-state index < -0.39 is 23.4 Å². The minimum Gasteiger partial charge on any atom is -0.444 e. The molecule has 0 bridgehead atoms. The molecular formula is C31H38FN5O7. The molecule has 0 radical (unpaired) electrons. The van der Waals surface area contributed by atoms with E-state index in [0.29, 0.717) is 41.5 Å². The summed E-state index contributed by atoms with van der Waals surface area (Å²) in [4.78, 5) is 52.6. The summed E-state index contributed by atoms with van der Waals surface area (Å²) in [6.07, 6.45) is -0.217. The Morgan fingerprint density at radius 3 is 2.36 bits per heavy atom. The van der Waals surface area contributed by atoms with E-state index in [1.165, 1.54) is 17.0 Å². The quantitative estimate of drug-likeness (QED) is 0.315. The number of fused-ring (bicyclic) bond motifs is 1. The third-order valence-corrected chi connectivity index (χ3v) is 6.84. The van der Waals surface area contributed by atoms with Gasteiger partial charge in [0.15, 0.2) is 0 Å². The normalized spacial score (nSPS) is 13.6. The second-order valence-corrected chi connectivity index (χ2v) is 11.3. The van der Waals surface area contributed by atoms with E-state index in [9.17, 15) is 23.6 Å². The van der Waals surface area contributed by atoms with Gasteiger partial charge in [-0.05, 0) is 44.5 Å². The summed E-state index contributed by atoms with van der Waals surface area (Å²) in [7, 11) is 0. The van der Waals surface area contributed by atoms with E-state index in [4.69, 9.17) is 14.2 Å². The van der Waals surface area contributed by atoms with Crippen LogP contribution in [0.3, 0.4) is 0 Å². The maximum Gasteiger partial charge on any atom is 0.407 e. The predicted octanol–water partition coefficient (Wildman–Crippen LogP) is 2.50. The molecule has 1 aliphatic heterocycles.